The fourth-order valence-corrected chi connectivity index (χ4v) is 2.23. The molecule has 1 heterocycles. The van der Waals surface area contributed by atoms with Crippen molar-refractivity contribution in [3.05, 3.63) is 32.6 Å². The highest BCUT2D eigenvalue weighted by Crippen LogP contribution is 2.30. The smallest absolute Gasteiger partial charge is 0.329 e. The number of ketones is 1. The van der Waals surface area contributed by atoms with Gasteiger partial charge in [-0.05, 0) is 6.92 Å². The predicted molar refractivity (Wildman–Crippen MR) is 61.3 cm³/mol. The molecular formula is C11H14N2O5. The van der Waals surface area contributed by atoms with Crippen LogP contribution < -0.4 is 11.2 Å². The average Bonchev–Trinajstić information content (AvgIpc) is 2.59. The van der Waals surface area contributed by atoms with Crippen LogP contribution >= 0.6 is 0 Å². The number of Topliss-reactive ketones (excluding diaryl/α,β-unsaturated/α-hetero) is 1. The molecule has 0 aromatic carbocycles. The highest BCUT2D eigenvalue weighted by atomic mass is 16.3. The van der Waals surface area contributed by atoms with Crippen molar-refractivity contribution >= 4 is 5.78 Å². The third-order valence-corrected chi connectivity index (χ3v) is 3.30. The predicted octanol–water partition coefficient (Wildman–Crippen LogP) is -1.67. The molecule has 0 bridgehead atoms. The number of aliphatic hydroxyl groups is 2. The van der Waals surface area contributed by atoms with E-state index in [1.807, 2.05) is 0 Å². The Kier molecular flexibility index (Phi) is 3.18. The van der Waals surface area contributed by atoms with Crippen LogP contribution in [0, 0.1) is 12.8 Å². The summed E-state index contributed by atoms with van der Waals surface area (Å²) in [6.45, 7) is 1.07. The SMILES string of the molecule is Cc1cn([C@@H]2C[C@H](O)[C@@H](CO)C2=O)c(=O)[nH]c1=O. The maximum absolute atomic E-state index is 11.9. The Bertz CT molecular complexity index is 588. The molecule has 0 amide bonds. The average molecular weight is 254 g/mol. The summed E-state index contributed by atoms with van der Waals surface area (Å²) in [6.07, 6.45) is 0.401. The second-order valence-corrected chi connectivity index (χ2v) is 4.49. The largest absolute Gasteiger partial charge is 0.396 e. The molecule has 1 fully saturated rings. The van der Waals surface area contributed by atoms with Crippen LogP contribution in [0.4, 0.5) is 0 Å². The number of aryl methyl sites for hydroxylation is 1. The Morgan fingerprint density at radius 3 is 2.67 bits per heavy atom. The summed E-state index contributed by atoms with van der Waals surface area (Å²) in [4.78, 5) is 36.9. The third-order valence-electron chi connectivity index (χ3n) is 3.30. The fourth-order valence-electron chi connectivity index (χ4n) is 2.23. The van der Waals surface area contributed by atoms with Gasteiger partial charge in [0, 0.05) is 18.2 Å². The Hall–Kier alpha value is -1.73. The van der Waals surface area contributed by atoms with Gasteiger partial charge < -0.3 is 10.2 Å². The zero-order valence-corrected chi connectivity index (χ0v) is 9.79. The molecule has 0 radical (unpaired) electrons. The number of carbonyl (C=O) groups excluding carboxylic acids is 1. The minimum Gasteiger partial charge on any atom is -0.396 e. The normalized spacial score (nSPS) is 27.7. The van der Waals surface area contributed by atoms with Crippen LogP contribution in [0.5, 0.6) is 0 Å². The summed E-state index contributed by atoms with van der Waals surface area (Å²) in [6, 6.07) is -0.833. The number of hydrogen-bond donors (Lipinski definition) is 3. The van der Waals surface area contributed by atoms with E-state index in [-0.39, 0.29) is 6.42 Å². The molecule has 0 spiro atoms. The van der Waals surface area contributed by atoms with Crippen LogP contribution in [0.1, 0.15) is 18.0 Å². The molecule has 18 heavy (non-hydrogen) atoms. The molecule has 1 aliphatic carbocycles. The minimum absolute atomic E-state index is 0.0649. The van der Waals surface area contributed by atoms with Crippen molar-refractivity contribution in [3.63, 3.8) is 0 Å². The van der Waals surface area contributed by atoms with E-state index in [9.17, 15) is 19.5 Å². The highest BCUT2D eigenvalue weighted by Gasteiger charge is 2.42. The van der Waals surface area contributed by atoms with E-state index in [1.54, 1.807) is 0 Å². The van der Waals surface area contributed by atoms with Crippen LogP contribution in [0.25, 0.3) is 0 Å². The van der Waals surface area contributed by atoms with Gasteiger partial charge in [-0.2, -0.15) is 0 Å². The lowest BCUT2D eigenvalue weighted by atomic mass is 10.1. The van der Waals surface area contributed by atoms with E-state index in [0.29, 0.717) is 5.56 Å². The zero-order chi connectivity index (χ0) is 13.4. The van der Waals surface area contributed by atoms with Gasteiger partial charge in [0.25, 0.3) is 5.56 Å². The van der Waals surface area contributed by atoms with Crippen molar-refractivity contribution < 1.29 is 15.0 Å². The number of nitrogens with zero attached hydrogens (tertiary/aromatic N) is 1. The molecule has 1 aromatic rings. The van der Waals surface area contributed by atoms with Gasteiger partial charge in [-0.1, -0.05) is 0 Å². The van der Waals surface area contributed by atoms with Crippen LogP contribution in [0.3, 0.4) is 0 Å². The number of carbonyl (C=O) groups is 1. The van der Waals surface area contributed by atoms with Crippen molar-refractivity contribution in [2.24, 2.45) is 5.92 Å². The summed E-state index contributed by atoms with van der Waals surface area (Å²) in [5.74, 6) is -1.26. The molecule has 3 N–H and O–H groups in total. The number of aromatic amines is 1. The fraction of sp³-hybridized carbons (Fsp3) is 0.545. The molecule has 1 saturated carbocycles. The first-order valence-corrected chi connectivity index (χ1v) is 5.60. The first kappa shape index (κ1) is 12.7. The first-order chi connectivity index (χ1) is 8.45. The molecule has 0 aliphatic heterocycles. The minimum atomic E-state index is -0.966. The van der Waals surface area contributed by atoms with Gasteiger partial charge in [0.1, 0.15) is 0 Å². The van der Waals surface area contributed by atoms with Crippen LogP contribution in [-0.4, -0.2) is 38.3 Å². The van der Waals surface area contributed by atoms with E-state index in [1.165, 1.54) is 13.1 Å². The topological polar surface area (TPSA) is 112 Å². The van der Waals surface area contributed by atoms with Gasteiger partial charge in [-0.15, -0.1) is 0 Å². The maximum Gasteiger partial charge on any atom is 0.329 e. The quantitative estimate of drug-likeness (QED) is 0.584. The standard InChI is InChI=1S/C11H14N2O5/c1-5-3-13(11(18)12-10(5)17)7-2-8(15)6(4-14)9(7)16/h3,6-8,14-15H,2,4H2,1H3,(H,12,17,18)/t6-,7-,8+/m1/s1. The van der Waals surface area contributed by atoms with E-state index in [0.717, 1.165) is 4.57 Å². The summed E-state index contributed by atoms with van der Waals surface area (Å²) in [7, 11) is 0. The molecule has 7 heteroatoms. The number of nitrogens with one attached hydrogen (secondary N) is 1. The van der Waals surface area contributed by atoms with Gasteiger partial charge in [-0.25, -0.2) is 4.79 Å². The van der Waals surface area contributed by atoms with Crippen LogP contribution in [0.2, 0.25) is 0 Å². The summed E-state index contributed by atoms with van der Waals surface area (Å²) < 4.78 is 1.11. The lowest BCUT2D eigenvalue weighted by Gasteiger charge is -2.12. The molecule has 0 saturated heterocycles. The molecular weight excluding hydrogens is 240 g/mol. The number of aliphatic hydroxyl groups excluding tert-OH is 2. The van der Waals surface area contributed by atoms with Crippen molar-refractivity contribution in [2.75, 3.05) is 6.61 Å². The number of rotatable bonds is 2. The van der Waals surface area contributed by atoms with Crippen molar-refractivity contribution in [1.82, 2.24) is 9.55 Å². The third kappa shape index (κ3) is 1.91. The second kappa shape index (κ2) is 4.51. The Balaban J connectivity index is 2.45. The van der Waals surface area contributed by atoms with E-state index >= 15 is 0 Å². The maximum atomic E-state index is 11.9. The van der Waals surface area contributed by atoms with Gasteiger partial charge in [0.2, 0.25) is 0 Å². The van der Waals surface area contributed by atoms with Gasteiger partial charge in [-0.3, -0.25) is 19.1 Å². The molecule has 98 valence electrons. The van der Waals surface area contributed by atoms with E-state index < -0.39 is 41.7 Å². The van der Waals surface area contributed by atoms with Gasteiger partial charge in [0.05, 0.1) is 24.7 Å². The van der Waals surface area contributed by atoms with Crippen molar-refractivity contribution in [1.29, 1.82) is 0 Å². The molecule has 7 nitrogen and oxygen atoms in total. The number of hydrogen-bond acceptors (Lipinski definition) is 5. The molecule has 2 rings (SSSR count). The summed E-state index contributed by atoms with van der Waals surface area (Å²) in [5, 5.41) is 18.7. The lowest BCUT2D eigenvalue weighted by Crippen LogP contribution is -2.35. The molecule has 1 aliphatic rings. The Morgan fingerprint density at radius 2 is 2.11 bits per heavy atom. The Morgan fingerprint density at radius 1 is 1.44 bits per heavy atom. The lowest BCUT2D eigenvalue weighted by molar-refractivity contribution is -0.125. The van der Waals surface area contributed by atoms with Gasteiger partial charge in [0.15, 0.2) is 5.78 Å². The monoisotopic (exact) mass is 254 g/mol. The summed E-state index contributed by atoms with van der Waals surface area (Å²) in [5.41, 5.74) is -0.875. The van der Waals surface area contributed by atoms with Gasteiger partial charge >= 0.3 is 5.69 Å². The van der Waals surface area contributed by atoms with E-state index in [4.69, 9.17) is 5.11 Å². The molecule has 3 atom stereocenters. The zero-order valence-electron chi connectivity index (χ0n) is 9.79. The molecule has 0 unspecified atom stereocenters. The molecule has 1 aromatic heterocycles. The van der Waals surface area contributed by atoms with Crippen molar-refractivity contribution in [2.45, 2.75) is 25.5 Å². The number of aromatic nitrogens is 2. The second-order valence-electron chi connectivity index (χ2n) is 4.49. The van der Waals surface area contributed by atoms with Crippen LogP contribution in [-0.2, 0) is 4.79 Å². The highest BCUT2D eigenvalue weighted by molar-refractivity contribution is 5.87. The van der Waals surface area contributed by atoms with E-state index in [2.05, 4.69) is 4.98 Å². The first-order valence-electron chi connectivity index (χ1n) is 5.60. The number of H-pyrrole nitrogens is 1. The Labute approximate surface area is 102 Å². The summed E-state index contributed by atoms with van der Waals surface area (Å²) >= 11 is 0. The van der Waals surface area contributed by atoms with Crippen LogP contribution in [0.15, 0.2) is 15.8 Å². The van der Waals surface area contributed by atoms with Crippen molar-refractivity contribution in [3.8, 4) is 0 Å².